The van der Waals surface area contributed by atoms with Crippen molar-refractivity contribution in [1.82, 2.24) is 10.6 Å². The monoisotopic (exact) mass is 272 g/mol. The summed E-state index contributed by atoms with van der Waals surface area (Å²) in [6.07, 6.45) is 2.88. The second kappa shape index (κ2) is 7.33. The average Bonchev–Trinajstić information content (AvgIpc) is 2.75. The molecular formula is C13H24N2O4. The van der Waals surface area contributed by atoms with Crippen molar-refractivity contribution in [2.75, 3.05) is 13.7 Å². The number of hydrogen-bond donors (Lipinski definition) is 3. The Bertz CT molecular complexity index is 320. The molecule has 0 saturated heterocycles. The molecular weight excluding hydrogens is 248 g/mol. The summed E-state index contributed by atoms with van der Waals surface area (Å²) in [6, 6.07) is -0.180. The molecule has 0 heterocycles. The Morgan fingerprint density at radius 3 is 2.53 bits per heavy atom. The van der Waals surface area contributed by atoms with Crippen molar-refractivity contribution in [1.29, 1.82) is 0 Å². The van der Waals surface area contributed by atoms with E-state index in [2.05, 4.69) is 10.6 Å². The number of hydrogen-bond acceptors (Lipinski definition) is 3. The highest BCUT2D eigenvalue weighted by molar-refractivity contribution is 5.76. The first-order chi connectivity index (χ1) is 8.93. The summed E-state index contributed by atoms with van der Waals surface area (Å²) in [4.78, 5) is 22.7. The fourth-order valence-electron chi connectivity index (χ4n) is 2.33. The van der Waals surface area contributed by atoms with Gasteiger partial charge in [0.25, 0.3) is 0 Å². The predicted octanol–water partition coefficient (Wildman–Crippen LogP) is 1.21. The number of carboxylic acids is 1. The van der Waals surface area contributed by atoms with Crippen molar-refractivity contribution >= 4 is 12.0 Å². The van der Waals surface area contributed by atoms with Gasteiger partial charge in [-0.05, 0) is 25.2 Å². The molecule has 1 aliphatic carbocycles. The van der Waals surface area contributed by atoms with E-state index in [-0.39, 0.29) is 30.6 Å². The Balaban J connectivity index is 2.30. The molecule has 3 atom stereocenters. The number of rotatable bonds is 6. The summed E-state index contributed by atoms with van der Waals surface area (Å²) in [5.41, 5.74) is 0. The molecule has 1 fully saturated rings. The molecule has 0 spiro atoms. The molecule has 6 heteroatoms. The van der Waals surface area contributed by atoms with Gasteiger partial charge in [0.2, 0.25) is 0 Å². The Morgan fingerprint density at radius 1 is 1.37 bits per heavy atom. The van der Waals surface area contributed by atoms with Crippen molar-refractivity contribution in [3.8, 4) is 0 Å². The van der Waals surface area contributed by atoms with Crippen LogP contribution in [0.1, 0.15) is 33.1 Å². The molecule has 0 aromatic heterocycles. The van der Waals surface area contributed by atoms with Gasteiger partial charge in [0, 0.05) is 19.7 Å². The number of carbonyl (C=O) groups excluding carboxylic acids is 1. The third-order valence-electron chi connectivity index (χ3n) is 3.66. The summed E-state index contributed by atoms with van der Waals surface area (Å²) in [5, 5.41) is 14.5. The zero-order valence-electron chi connectivity index (χ0n) is 11.8. The number of carboxylic acid groups (broad SMARTS) is 1. The number of urea groups is 1. The van der Waals surface area contributed by atoms with Crippen LogP contribution in [0.4, 0.5) is 4.79 Å². The summed E-state index contributed by atoms with van der Waals surface area (Å²) in [6.45, 7) is 3.82. The fraction of sp³-hybridized carbons (Fsp3) is 0.846. The molecule has 1 aliphatic rings. The smallest absolute Gasteiger partial charge is 0.315 e. The second-order valence-electron chi connectivity index (χ2n) is 5.41. The third kappa shape index (κ3) is 5.06. The van der Waals surface area contributed by atoms with E-state index in [4.69, 9.17) is 9.84 Å². The molecule has 19 heavy (non-hydrogen) atoms. The van der Waals surface area contributed by atoms with Crippen LogP contribution >= 0.6 is 0 Å². The van der Waals surface area contributed by atoms with Crippen molar-refractivity contribution in [2.24, 2.45) is 11.8 Å². The van der Waals surface area contributed by atoms with Gasteiger partial charge in [-0.2, -0.15) is 0 Å². The number of amides is 2. The Kier molecular flexibility index (Phi) is 6.08. The maximum absolute atomic E-state index is 11.7. The average molecular weight is 272 g/mol. The van der Waals surface area contributed by atoms with E-state index in [1.54, 1.807) is 7.11 Å². The van der Waals surface area contributed by atoms with Crippen LogP contribution in [0.3, 0.4) is 0 Å². The zero-order chi connectivity index (χ0) is 14.4. The highest BCUT2D eigenvalue weighted by Crippen LogP contribution is 2.21. The van der Waals surface area contributed by atoms with Crippen LogP contribution in [-0.2, 0) is 9.53 Å². The first-order valence-corrected chi connectivity index (χ1v) is 6.74. The molecule has 0 radical (unpaired) electrons. The van der Waals surface area contributed by atoms with Crippen LogP contribution in [-0.4, -0.2) is 42.9 Å². The Morgan fingerprint density at radius 2 is 2.05 bits per heavy atom. The number of carbonyl (C=O) groups is 2. The molecule has 6 nitrogen and oxygen atoms in total. The maximum Gasteiger partial charge on any atom is 0.315 e. The lowest BCUT2D eigenvalue weighted by Gasteiger charge is -2.18. The van der Waals surface area contributed by atoms with Crippen molar-refractivity contribution in [3.05, 3.63) is 0 Å². The van der Waals surface area contributed by atoms with E-state index >= 15 is 0 Å². The van der Waals surface area contributed by atoms with Crippen LogP contribution < -0.4 is 10.6 Å². The van der Waals surface area contributed by atoms with E-state index in [0.29, 0.717) is 0 Å². The highest BCUT2D eigenvalue weighted by Gasteiger charge is 2.26. The van der Waals surface area contributed by atoms with Crippen LogP contribution in [0, 0.1) is 11.8 Å². The number of methoxy groups -OCH3 is 1. The van der Waals surface area contributed by atoms with Crippen LogP contribution in [0.25, 0.3) is 0 Å². The van der Waals surface area contributed by atoms with E-state index in [0.717, 1.165) is 19.3 Å². The van der Waals surface area contributed by atoms with E-state index in [1.807, 2.05) is 13.8 Å². The van der Waals surface area contributed by atoms with E-state index in [9.17, 15) is 9.59 Å². The molecule has 0 bridgehead atoms. The van der Waals surface area contributed by atoms with Gasteiger partial charge >= 0.3 is 12.0 Å². The zero-order valence-corrected chi connectivity index (χ0v) is 11.8. The molecule has 0 aromatic carbocycles. The number of aliphatic carboxylic acids is 1. The molecule has 0 aromatic rings. The van der Waals surface area contributed by atoms with Crippen molar-refractivity contribution in [2.45, 2.75) is 45.3 Å². The molecule has 1 saturated carbocycles. The first kappa shape index (κ1) is 15.8. The summed E-state index contributed by atoms with van der Waals surface area (Å²) in [5.74, 6) is -1.45. The van der Waals surface area contributed by atoms with Crippen LogP contribution in [0.15, 0.2) is 0 Å². The van der Waals surface area contributed by atoms with E-state index in [1.165, 1.54) is 0 Å². The largest absolute Gasteiger partial charge is 0.481 e. The van der Waals surface area contributed by atoms with Crippen molar-refractivity contribution in [3.63, 3.8) is 0 Å². The lowest BCUT2D eigenvalue weighted by molar-refractivity contribution is -0.142. The van der Waals surface area contributed by atoms with Gasteiger partial charge in [-0.15, -0.1) is 0 Å². The number of ether oxygens (including phenoxy) is 1. The third-order valence-corrected chi connectivity index (χ3v) is 3.66. The lowest BCUT2D eigenvalue weighted by Crippen LogP contribution is -2.44. The van der Waals surface area contributed by atoms with E-state index < -0.39 is 11.9 Å². The van der Waals surface area contributed by atoms with Gasteiger partial charge in [0.1, 0.15) is 0 Å². The van der Waals surface area contributed by atoms with Crippen LogP contribution in [0.2, 0.25) is 0 Å². The minimum absolute atomic E-state index is 0.0119. The topological polar surface area (TPSA) is 87.7 Å². The summed E-state index contributed by atoms with van der Waals surface area (Å²) < 4.78 is 5.23. The minimum atomic E-state index is -0.879. The van der Waals surface area contributed by atoms with Gasteiger partial charge in [0.05, 0.1) is 12.0 Å². The maximum atomic E-state index is 11.7. The second-order valence-corrected chi connectivity index (χ2v) is 5.41. The van der Waals surface area contributed by atoms with Gasteiger partial charge in [-0.1, -0.05) is 13.8 Å². The standard InChI is InChI=1S/C13H24N2O4/c1-8(2)11(12(16)17)7-14-13(18)15-9-4-5-10(6-9)19-3/h8-11H,4-7H2,1-3H3,(H,16,17)(H2,14,15,18). The first-order valence-electron chi connectivity index (χ1n) is 6.74. The Labute approximate surface area is 113 Å². The van der Waals surface area contributed by atoms with Gasteiger partial charge in [-0.3, -0.25) is 4.79 Å². The molecule has 0 aliphatic heterocycles. The van der Waals surface area contributed by atoms with Crippen LogP contribution in [0.5, 0.6) is 0 Å². The SMILES string of the molecule is COC1CCC(NC(=O)NCC(C(=O)O)C(C)C)C1. The van der Waals surface area contributed by atoms with Gasteiger partial charge in [0.15, 0.2) is 0 Å². The minimum Gasteiger partial charge on any atom is -0.481 e. The fourth-order valence-corrected chi connectivity index (χ4v) is 2.33. The number of nitrogens with one attached hydrogen (secondary N) is 2. The van der Waals surface area contributed by atoms with Crippen molar-refractivity contribution < 1.29 is 19.4 Å². The normalized spacial score (nSPS) is 24.2. The summed E-state index contributed by atoms with van der Waals surface area (Å²) >= 11 is 0. The quantitative estimate of drug-likeness (QED) is 0.678. The summed E-state index contributed by atoms with van der Waals surface area (Å²) in [7, 11) is 1.67. The molecule has 1 rings (SSSR count). The highest BCUT2D eigenvalue weighted by atomic mass is 16.5. The molecule has 110 valence electrons. The molecule has 3 unspecified atom stereocenters. The predicted molar refractivity (Wildman–Crippen MR) is 70.9 cm³/mol. The molecule has 2 amide bonds. The van der Waals surface area contributed by atoms with Gasteiger partial charge in [-0.25, -0.2) is 4.79 Å². The Hall–Kier alpha value is -1.30. The lowest BCUT2D eigenvalue weighted by atomic mass is 9.96. The molecule has 3 N–H and O–H groups in total. The van der Waals surface area contributed by atoms with Gasteiger partial charge < -0.3 is 20.5 Å².